The number of hydrogen-bond donors (Lipinski definition) is 1. The van der Waals surface area contributed by atoms with Crippen LogP contribution in [-0.4, -0.2) is 25.2 Å². The molecule has 2 aliphatic rings. The van der Waals surface area contributed by atoms with E-state index in [4.69, 9.17) is 4.52 Å². The summed E-state index contributed by atoms with van der Waals surface area (Å²) in [4.78, 5) is 11.7. The van der Waals surface area contributed by atoms with Crippen molar-refractivity contribution in [1.82, 2.24) is 10.5 Å². The van der Waals surface area contributed by atoms with Crippen molar-refractivity contribution >= 4 is 15.7 Å². The van der Waals surface area contributed by atoms with Crippen LogP contribution in [0.2, 0.25) is 0 Å². The van der Waals surface area contributed by atoms with Crippen LogP contribution in [0, 0.1) is 5.92 Å². The van der Waals surface area contributed by atoms with Crippen molar-refractivity contribution in [3.63, 3.8) is 0 Å². The summed E-state index contributed by atoms with van der Waals surface area (Å²) in [5, 5.41) is 7.83. The number of amides is 1. The fraction of sp³-hybridized carbons (Fsp3) is 0.538. The van der Waals surface area contributed by atoms with Crippen LogP contribution in [0.3, 0.4) is 0 Å². The third-order valence-electron chi connectivity index (χ3n) is 3.48. The molecule has 1 aliphatic heterocycles. The van der Waals surface area contributed by atoms with Crippen LogP contribution in [0.25, 0.3) is 0 Å². The third-order valence-corrected chi connectivity index (χ3v) is 4.94. The Balaban J connectivity index is 1.46. The summed E-state index contributed by atoms with van der Waals surface area (Å²) in [6, 6.07) is 1.87. The zero-order valence-corrected chi connectivity index (χ0v) is 11.7. The van der Waals surface area contributed by atoms with Gasteiger partial charge in [-0.15, -0.1) is 0 Å². The number of carbonyl (C=O) groups is 1. The first-order chi connectivity index (χ1) is 9.52. The molecule has 20 heavy (non-hydrogen) atoms. The van der Waals surface area contributed by atoms with Crippen LogP contribution < -0.4 is 5.32 Å². The van der Waals surface area contributed by atoms with E-state index >= 15 is 0 Å². The standard InChI is InChI=1S/C13H16N2O4S/c16-13(5-9-3-4-20(17,18)8-9)14-7-11-6-12(19-15-11)10-1-2-10/h3-4,6,9-10H,1-2,5,7-8H2,(H,14,16)/t9-/m1/s1. The Bertz CT molecular complexity index is 643. The van der Waals surface area contributed by atoms with Crippen molar-refractivity contribution in [3.05, 3.63) is 29.0 Å². The second-order valence-electron chi connectivity index (χ2n) is 5.39. The number of rotatable bonds is 5. The van der Waals surface area contributed by atoms with Gasteiger partial charge in [-0.25, -0.2) is 8.42 Å². The molecule has 1 saturated carbocycles. The lowest BCUT2D eigenvalue weighted by molar-refractivity contribution is -0.121. The van der Waals surface area contributed by atoms with Gasteiger partial charge in [-0.3, -0.25) is 4.79 Å². The minimum Gasteiger partial charge on any atom is -0.361 e. The number of allylic oxidation sites excluding steroid dienone is 1. The van der Waals surface area contributed by atoms with Gasteiger partial charge in [0.1, 0.15) is 11.5 Å². The summed E-state index contributed by atoms with van der Waals surface area (Å²) in [6.07, 6.45) is 4.05. The summed E-state index contributed by atoms with van der Waals surface area (Å²) < 4.78 is 27.7. The highest BCUT2D eigenvalue weighted by Crippen LogP contribution is 2.40. The normalized spacial score (nSPS) is 23.9. The first kappa shape index (κ1) is 13.4. The van der Waals surface area contributed by atoms with E-state index in [0.29, 0.717) is 18.2 Å². The molecular weight excluding hydrogens is 280 g/mol. The number of nitrogens with one attached hydrogen (secondary N) is 1. The number of aromatic nitrogens is 1. The maximum Gasteiger partial charge on any atom is 0.220 e. The molecule has 108 valence electrons. The van der Waals surface area contributed by atoms with Gasteiger partial charge in [-0.1, -0.05) is 11.2 Å². The fourth-order valence-electron chi connectivity index (χ4n) is 2.24. The minimum absolute atomic E-state index is 0.0240. The van der Waals surface area contributed by atoms with Crippen molar-refractivity contribution in [2.45, 2.75) is 31.7 Å². The largest absolute Gasteiger partial charge is 0.361 e. The van der Waals surface area contributed by atoms with Gasteiger partial charge in [0, 0.05) is 29.7 Å². The second-order valence-corrected chi connectivity index (χ2v) is 7.33. The first-order valence-corrected chi connectivity index (χ1v) is 8.36. The molecule has 0 aromatic carbocycles. The summed E-state index contributed by atoms with van der Waals surface area (Å²) >= 11 is 0. The van der Waals surface area contributed by atoms with Crippen LogP contribution in [0.1, 0.15) is 36.6 Å². The van der Waals surface area contributed by atoms with E-state index in [1.54, 1.807) is 6.08 Å². The maximum atomic E-state index is 11.7. The highest BCUT2D eigenvalue weighted by molar-refractivity contribution is 7.94. The van der Waals surface area contributed by atoms with Gasteiger partial charge in [-0.2, -0.15) is 0 Å². The van der Waals surface area contributed by atoms with E-state index in [1.165, 1.54) is 5.41 Å². The summed E-state index contributed by atoms with van der Waals surface area (Å²) in [7, 11) is -3.10. The van der Waals surface area contributed by atoms with Crippen LogP contribution in [0.4, 0.5) is 0 Å². The number of nitrogens with zero attached hydrogens (tertiary/aromatic N) is 1. The van der Waals surface area contributed by atoms with E-state index in [0.717, 1.165) is 18.6 Å². The van der Waals surface area contributed by atoms with Crippen molar-refractivity contribution < 1.29 is 17.7 Å². The van der Waals surface area contributed by atoms with E-state index in [-0.39, 0.29) is 24.0 Å². The van der Waals surface area contributed by atoms with Gasteiger partial charge in [0.2, 0.25) is 5.91 Å². The SMILES string of the molecule is O=C(C[C@H]1C=CS(=O)(=O)C1)NCc1cc(C2CC2)on1. The Morgan fingerprint density at radius 1 is 1.45 bits per heavy atom. The van der Waals surface area contributed by atoms with Gasteiger partial charge in [-0.05, 0) is 12.8 Å². The Morgan fingerprint density at radius 2 is 2.25 bits per heavy atom. The average molecular weight is 296 g/mol. The lowest BCUT2D eigenvalue weighted by Crippen LogP contribution is -2.25. The monoisotopic (exact) mass is 296 g/mol. The highest BCUT2D eigenvalue weighted by Gasteiger charge is 2.28. The summed E-state index contributed by atoms with van der Waals surface area (Å²) in [5.41, 5.74) is 0.704. The number of sulfone groups is 1. The van der Waals surface area contributed by atoms with Crippen LogP contribution in [0.5, 0.6) is 0 Å². The molecule has 0 unspecified atom stereocenters. The molecule has 1 amide bonds. The average Bonchev–Trinajstić information content (AvgIpc) is 3.03. The predicted octanol–water partition coefficient (Wildman–Crippen LogP) is 1.12. The molecule has 6 nitrogen and oxygen atoms in total. The lowest BCUT2D eigenvalue weighted by Gasteiger charge is -2.06. The molecule has 1 fully saturated rings. The number of carbonyl (C=O) groups excluding carboxylic acids is 1. The Kier molecular flexibility index (Phi) is 3.37. The second kappa shape index (κ2) is 5.05. The van der Waals surface area contributed by atoms with E-state index in [2.05, 4.69) is 10.5 Å². The molecule has 1 aromatic rings. The van der Waals surface area contributed by atoms with E-state index < -0.39 is 9.84 Å². The van der Waals surface area contributed by atoms with Crippen molar-refractivity contribution in [3.8, 4) is 0 Å². The van der Waals surface area contributed by atoms with E-state index in [1.807, 2.05) is 6.07 Å². The molecule has 0 radical (unpaired) electrons. The molecule has 7 heteroatoms. The van der Waals surface area contributed by atoms with Gasteiger partial charge >= 0.3 is 0 Å². The minimum atomic E-state index is -3.10. The summed E-state index contributed by atoms with van der Waals surface area (Å²) in [5.74, 6) is 1.02. The Labute approximate surface area is 117 Å². The third kappa shape index (κ3) is 3.27. The molecule has 1 atom stereocenters. The molecule has 0 saturated heterocycles. The van der Waals surface area contributed by atoms with Gasteiger partial charge in [0.05, 0.1) is 12.3 Å². The highest BCUT2D eigenvalue weighted by atomic mass is 32.2. The topological polar surface area (TPSA) is 89.3 Å². The van der Waals surface area contributed by atoms with Gasteiger partial charge in [0.25, 0.3) is 0 Å². The molecule has 2 heterocycles. The maximum absolute atomic E-state index is 11.7. The van der Waals surface area contributed by atoms with Crippen LogP contribution in [-0.2, 0) is 21.2 Å². The van der Waals surface area contributed by atoms with Crippen molar-refractivity contribution in [2.75, 3.05) is 5.75 Å². The lowest BCUT2D eigenvalue weighted by atomic mass is 10.1. The van der Waals surface area contributed by atoms with Gasteiger partial charge in [0.15, 0.2) is 9.84 Å². The molecule has 1 N–H and O–H groups in total. The van der Waals surface area contributed by atoms with Crippen molar-refractivity contribution in [2.24, 2.45) is 5.92 Å². The first-order valence-electron chi connectivity index (χ1n) is 6.65. The summed E-state index contributed by atoms with van der Waals surface area (Å²) in [6.45, 7) is 0.318. The van der Waals surface area contributed by atoms with Crippen molar-refractivity contribution in [1.29, 1.82) is 0 Å². The molecule has 1 aliphatic carbocycles. The quantitative estimate of drug-likeness (QED) is 0.879. The van der Waals surface area contributed by atoms with Crippen LogP contribution in [0.15, 0.2) is 22.1 Å². The Hall–Kier alpha value is -1.63. The predicted molar refractivity (Wildman–Crippen MR) is 71.4 cm³/mol. The smallest absolute Gasteiger partial charge is 0.220 e. The fourth-order valence-corrected chi connectivity index (χ4v) is 3.64. The number of hydrogen-bond acceptors (Lipinski definition) is 5. The van der Waals surface area contributed by atoms with Gasteiger partial charge < -0.3 is 9.84 Å². The molecule has 0 bridgehead atoms. The zero-order valence-electron chi connectivity index (χ0n) is 10.9. The molecule has 0 spiro atoms. The zero-order chi connectivity index (χ0) is 14.2. The Morgan fingerprint density at radius 3 is 2.90 bits per heavy atom. The molecule has 1 aromatic heterocycles. The van der Waals surface area contributed by atoms with E-state index in [9.17, 15) is 13.2 Å². The van der Waals surface area contributed by atoms with Crippen LogP contribution >= 0.6 is 0 Å². The molecule has 3 rings (SSSR count). The molecular formula is C13H16N2O4S.